The van der Waals surface area contributed by atoms with Crippen LogP contribution in [0.4, 0.5) is 8.78 Å². The van der Waals surface area contributed by atoms with E-state index in [1.54, 1.807) is 36.4 Å². The number of hydrogen-bond acceptors (Lipinski definition) is 11. The first-order chi connectivity index (χ1) is 24.4. The van der Waals surface area contributed by atoms with Gasteiger partial charge in [-0.25, -0.2) is 9.59 Å². The fraction of sp³-hybridized carbons (Fsp3) is 0.417. The van der Waals surface area contributed by atoms with Gasteiger partial charge in [0.05, 0.1) is 19.3 Å². The standard InChI is InChI=1S/C36H42F2N2O11/c1-48-32-21-25(14-16-34(44)49-20-19-40(46)47)13-15-31(32)51-35(45)23-39-33(43)12-8-3-2-7-11-27-28(30(42)22-29(27)41)17-18-36(37,38)24-50-26-9-5-4-6-10-26/h2,4-7,9-10,13-18,21,27-30,41-42H,3,8,11-12,19-20,22-24H2,1H3,(H,39,43)/b7-2-,16-14+,18-17+/t27-,28-,29+,30-/m1/s1. The highest BCUT2D eigenvalue weighted by molar-refractivity contribution is 5.87. The van der Waals surface area contributed by atoms with E-state index in [1.807, 2.05) is 6.08 Å². The van der Waals surface area contributed by atoms with E-state index in [2.05, 4.69) is 5.32 Å². The van der Waals surface area contributed by atoms with Crippen LogP contribution < -0.4 is 19.5 Å². The molecule has 0 saturated heterocycles. The molecule has 0 radical (unpaired) electrons. The number of esters is 2. The van der Waals surface area contributed by atoms with Gasteiger partial charge in [-0.1, -0.05) is 42.5 Å². The van der Waals surface area contributed by atoms with E-state index in [1.165, 1.54) is 37.5 Å². The smallest absolute Gasteiger partial charge is 0.331 e. The Kier molecular flexibility index (Phi) is 16.2. The number of amides is 1. The van der Waals surface area contributed by atoms with Gasteiger partial charge in [0, 0.05) is 29.8 Å². The highest BCUT2D eigenvalue weighted by atomic mass is 19.3. The molecule has 3 rings (SSSR count). The zero-order valence-electron chi connectivity index (χ0n) is 28.0. The molecule has 51 heavy (non-hydrogen) atoms. The number of halogens is 2. The summed E-state index contributed by atoms with van der Waals surface area (Å²) in [6.45, 7) is -2.12. The third-order valence-electron chi connectivity index (χ3n) is 7.77. The zero-order chi connectivity index (χ0) is 37.2. The first-order valence-electron chi connectivity index (χ1n) is 16.2. The molecule has 1 fully saturated rings. The minimum absolute atomic E-state index is 0.0758. The van der Waals surface area contributed by atoms with Crippen LogP contribution in [0.1, 0.15) is 37.7 Å². The van der Waals surface area contributed by atoms with Crippen molar-refractivity contribution in [2.24, 2.45) is 11.8 Å². The Morgan fingerprint density at radius 3 is 2.57 bits per heavy atom. The molecule has 1 amide bonds. The van der Waals surface area contributed by atoms with Crippen LogP contribution in [0.5, 0.6) is 17.2 Å². The van der Waals surface area contributed by atoms with E-state index < -0.39 is 66.5 Å². The molecule has 2 aromatic rings. The van der Waals surface area contributed by atoms with E-state index in [0.717, 1.165) is 6.08 Å². The molecule has 0 aromatic heterocycles. The van der Waals surface area contributed by atoms with Crippen LogP contribution in [0.25, 0.3) is 6.08 Å². The van der Waals surface area contributed by atoms with Crippen LogP contribution in [0.2, 0.25) is 0 Å². The Hall–Kier alpha value is -5.15. The molecule has 0 unspecified atom stereocenters. The number of rotatable bonds is 20. The number of allylic oxidation sites excluding steroid dienone is 2. The zero-order valence-corrected chi connectivity index (χ0v) is 28.0. The first kappa shape index (κ1) is 40.3. The third-order valence-corrected chi connectivity index (χ3v) is 7.77. The molecular weight excluding hydrogens is 674 g/mol. The Labute approximate surface area is 293 Å². The summed E-state index contributed by atoms with van der Waals surface area (Å²) < 4.78 is 49.3. The van der Waals surface area contributed by atoms with Gasteiger partial charge in [0.1, 0.15) is 12.3 Å². The number of hydrogen-bond donors (Lipinski definition) is 3. The minimum Gasteiger partial charge on any atom is -0.493 e. The Morgan fingerprint density at radius 1 is 1.08 bits per heavy atom. The molecule has 3 N–H and O–H groups in total. The van der Waals surface area contributed by atoms with Crippen LogP contribution in [-0.4, -0.2) is 84.5 Å². The highest BCUT2D eigenvalue weighted by Crippen LogP contribution is 2.37. The molecule has 2 aromatic carbocycles. The highest BCUT2D eigenvalue weighted by Gasteiger charge is 2.40. The number of para-hydroxylation sites is 1. The van der Waals surface area contributed by atoms with Crippen molar-refractivity contribution >= 4 is 23.9 Å². The van der Waals surface area contributed by atoms with Crippen molar-refractivity contribution in [3.05, 3.63) is 94.6 Å². The van der Waals surface area contributed by atoms with Crippen LogP contribution in [0, 0.1) is 22.0 Å². The molecule has 15 heteroatoms. The van der Waals surface area contributed by atoms with Gasteiger partial charge < -0.3 is 34.5 Å². The van der Waals surface area contributed by atoms with Crippen molar-refractivity contribution in [1.29, 1.82) is 0 Å². The maximum atomic E-state index is 14.4. The molecule has 13 nitrogen and oxygen atoms in total. The molecule has 0 heterocycles. The number of nitro groups is 1. The third kappa shape index (κ3) is 14.7. The lowest BCUT2D eigenvalue weighted by atomic mass is 9.89. The summed E-state index contributed by atoms with van der Waals surface area (Å²) >= 11 is 0. The van der Waals surface area contributed by atoms with Crippen molar-refractivity contribution in [3.8, 4) is 17.2 Å². The van der Waals surface area contributed by atoms with E-state index in [-0.39, 0.29) is 36.9 Å². The maximum Gasteiger partial charge on any atom is 0.331 e. The lowest BCUT2D eigenvalue weighted by Gasteiger charge is -2.20. The summed E-state index contributed by atoms with van der Waals surface area (Å²) in [4.78, 5) is 45.9. The first-order valence-corrected chi connectivity index (χ1v) is 16.2. The summed E-state index contributed by atoms with van der Waals surface area (Å²) in [6.07, 6.45) is 7.72. The van der Waals surface area contributed by atoms with Crippen LogP contribution in [0.15, 0.2) is 78.9 Å². The van der Waals surface area contributed by atoms with Gasteiger partial charge in [-0.05, 0) is 67.2 Å². The number of carbonyl (C=O) groups excluding carboxylic acids is 3. The van der Waals surface area contributed by atoms with Crippen LogP contribution in [0.3, 0.4) is 0 Å². The Morgan fingerprint density at radius 2 is 1.84 bits per heavy atom. The van der Waals surface area contributed by atoms with Gasteiger partial charge in [-0.3, -0.25) is 14.9 Å². The largest absolute Gasteiger partial charge is 0.493 e. The summed E-state index contributed by atoms with van der Waals surface area (Å²) in [6, 6.07) is 12.7. The number of ether oxygens (including phenoxy) is 4. The second-order valence-electron chi connectivity index (χ2n) is 11.7. The fourth-order valence-electron chi connectivity index (χ4n) is 5.18. The van der Waals surface area contributed by atoms with Crippen LogP contribution >= 0.6 is 0 Å². The van der Waals surface area contributed by atoms with Crippen molar-refractivity contribution in [2.75, 3.05) is 33.4 Å². The normalized spacial score (nSPS) is 19.0. The SMILES string of the molecule is COc1cc(/C=C/C(=O)OCC[N+](=O)[O-])ccc1OC(=O)CNC(=O)CCC/C=C\C[C@@H]1[C@@H](/C=C/C(F)(F)COc2ccccc2)[C@H](O)C[C@@H]1O. The molecule has 276 valence electrons. The fourth-order valence-corrected chi connectivity index (χ4v) is 5.18. The molecule has 1 saturated carbocycles. The van der Waals surface area contributed by atoms with E-state index in [4.69, 9.17) is 18.9 Å². The van der Waals surface area contributed by atoms with Gasteiger partial charge in [0.2, 0.25) is 12.5 Å². The monoisotopic (exact) mass is 716 g/mol. The number of nitrogens with one attached hydrogen (secondary N) is 1. The summed E-state index contributed by atoms with van der Waals surface area (Å²) in [5.74, 6) is -5.72. The van der Waals surface area contributed by atoms with Gasteiger partial charge in [0.15, 0.2) is 24.7 Å². The van der Waals surface area contributed by atoms with Gasteiger partial charge >= 0.3 is 11.9 Å². The number of unbranched alkanes of at least 4 members (excludes halogenated alkanes) is 1. The van der Waals surface area contributed by atoms with Crippen molar-refractivity contribution in [3.63, 3.8) is 0 Å². The van der Waals surface area contributed by atoms with E-state index in [0.29, 0.717) is 36.7 Å². The van der Waals surface area contributed by atoms with E-state index in [9.17, 15) is 43.5 Å². The molecule has 4 atom stereocenters. The van der Waals surface area contributed by atoms with Gasteiger partial charge in [-0.2, -0.15) is 8.78 Å². The average Bonchev–Trinajstić information content (AvgIpc) is 3.37. The predicted molar refractivity (Wildman–Crippen MR) is 181 cm³/mol. The number of nitrogens with zero attached hydrogens (tertiary/aromatic N) is 1. The second kappa shape index (κ2) is 20.5. The minimum atomic E-state index is -3.27. The Bertz CT molecular complexity index is 1550. The van der Waals surface area contributed by atoms with E-state index >= 15 is 0 Å². The van der Waals surface area contributed by atoms with Crippen molar-refractivity contribution in [1.82, 2.24) is 5.32 Å². The number of carbonyl (C=O) groups is 3. The molecule has 0 spiro atoms. The molecule has 0 aliphatic heterocycles. The molecule has 1 aliphatic carbocycles. The molecule has 1 aliphatic rings. The van der Waals surface area contributed by atoms with Gasteiger partial charge in [-0.15, -0.1) is 0 Å². The number of alkyl halides is 2. The maximum absolute atomic E-state index is 14.4. The second-order valence-corrected chi connectivity index (χ2v) is 11.7. The lowest BCUT2D eigenvalue weighted by Crippen LogP contribution is -2.31. The van der Waals surface area contributed by atoms with Gasteiger partial charge in [0.25, 0.3) is 5.92 Å². The summed E-state index contributed by atoms with van der Waals surface area (Å²) in [5, 5.41) is 33.6. The Balaban J connectivity index is 1.37. The van der Waals surface area contributed by atoms with Crippen molar-refractivity contribution in [2.45, 2.75) is 50.2 Å². The number of methoxy groups -OCH3 is 1. The van der Waals surface area contributed by atoms with Crippen LogP contribution in [-0.2, 0) is 19.1 Å². The average molecular weight is 717 g/mol. The number of aliphatic hydroxyl groups is 2. The van der Waals surface area contributed by atoms with Crippen molar-refractivity contribution < 1.29 is 57.2 Å². The predicted octanol–water partition coefficient (Wildman–Crippen LogP) is 4.29. The summed E-state index contributed by atoms with van der Waals surface area (Å²) in [7, 11) is 1.35. The number of aliphatic hydroxyl groups excluding tert-OH is 2. The number of benzene rings is 2. The topological polar surface area (TPSA) is 184 Å². The summed E-state index contributed by atoms with van der Waals surface area (Å²) in [5.41, 5.74) is 0.499. The molecule has 0 bridgehead atoms. The lowest BCUT2D eigenvalue weighted by molar-refractivity contribution is -0.482. The molecular formula is C36H42F2N2O11. The quantitative estimate of drug-likeness (QED) is 0.0338.